The average Bonchev–Trinajstić information content (AvgIpc) is 3.88. The Bertz CT molecular complexity index is 2400. The third kappa shape index (κ3) is 7.37. The third-order valence-corrected chi connectivity index (χ3v) is 13.1. The molecule has 1 unspecified atom stereocenters. The molecular formula is C43H49FN10O5. The first kappa shape index (κ1) is 38.9. The number of nitrogens with one attached hydrogen (secondary N) is 2. The smallest absolute Gasteiger partial charge is 0.263 e. The van der Waals surface area contributed by atoms with Crippen LogP contribution in [0.25, 0.3) is 11.0 Å². The second-order valence-electron chi connectivity index (χ2n) is 16.6. The molecular weight excluding hydrogens is 756 g/mol. The van der Waals surface area contributed by atoms with Gasteiger partial charge in [-0.05, 0) is 82.8 Å². The third-order valence-electron chi connectivity index (χ3n) is 13.1. The second kappa shape index (κ2) is 15.9. The Hall–Kier alpha value is -5.61. The van der Waals surface area contributed by atoms with Gasteiger partial charge in [0.15, 0.2) is 5.78 Å². The zero-order chi connectivity index (χ0) is 40.9. The minimum absolute atomic E-state index is 0.00299. The minimum Gasteiger partial charge on any atom is -0.368 e. The molecule has 4 aliphatic heterocycles. The normalized spacial score (nSPS) is 21.1. The number of benzene rings is 1. The van der Waals surface area contributed by atoms with Gasteiger partial charge in [0.1, 0.15) is 23.3 Å². The number of amides is 3. The number of rotatable bonds is 9. The Morgan fingerprint density at radius 1 is 0.898 bits per heavy atom. The number of nitrogens with zero attached hydrogens (tertiary/aromatic N) is 8. The largest absolute Gasteiger partial charge is 0.368 e. The van der Waals surface area contributed by atoms with Crippen LogP contribution < -0.4 is 21.1 Å². The summed E-state index contributed by atoms with van der Waals surface area (Å²) in [5, 5.41) is 6.21. The van der Waals surface area contributed by atoms with Crippen molar-refractivity contribution in [2.24, 2.45) is 0 Å². The van der Waals surface area contributed by atoms with Crippen molar-refractivity contribution in [3.63, 3.8) is 0 Å². The molecule has 15 nitrogen and oxygen atoms in total. The number of pyridine rings is 2. The van der Waals surface area contributed by atoms with Gasteiger partial charge in [-0.15, -0.1) is 0 Å². The van der Waals surface area contributed by atoms with E-state index in [-0.39, 0.29) is 60.0 Å². The van der Waals surface area contributed by atoms with E-state index < -0.39 is 11.9 Å². The van der Waals surface area contributed by atoms with Crippen molar-refractivity contribution < 1.29 is 23.6 Å². The van der Waals surface area contributed by atoms with Gasteiger partial charge in [0.25, 0.3) is 11.5 Å². The molecule has 3 amide bonds. The highest BCUT2D eigenvalue weighted by Crippen LogP contribution is 2.34. The van der Waals surface area contributed by atoms with E-state index in [1.54, 1.807) is 29.8 Å². The molecule has 0 bridgehead atoms. The molecule has 308 valence electrons. The molecule has 1 aromatic carbocycles. The number of piperazine rings is 1. The molecule has 1 saturated carbocycles. The summed E-state index contributed by atoms with van der Waals surface area (Å²) in [6, 6.07) is 7.02. The number of aryl methyl sites for hydroxylation is 1. The summed E-state index contributed by atoms with van der Waals surface area (Å²) in [5.74, 6) is -0.918. The molecule has 0 spiro atoms. The van der Waals surface area contributed by atoms with Gasteiger partial charge < -0.3 is 15.1 Å². The number of ketones is 1. The van der Waals surface area contributed by atoms with Crippen LogP contribution in [0.15, 0.2) is 41.5 Å². The van der Waals surface area contributed by atoms with Gasteiger partial charge in [0.2, 0.25) is 17.8 Å². The number of piperidine rings is 2. The van der Waals surface area contributed by atoms with Crippen molar-refractivity contribution in [3.05, 3.63) is 80.6 Å². The molecule has 0 radical (unpaired) electrons. The van der Waals surface area contributed by atoms with E-state index in [1.807, 2.05) is 18.3 Å². The Balaban J connectivity index is 0.778. The lowest BCUT2D eigenvalue weighted by molar-refractivity contribution is -0.136. The highest BCUT2D eigenvalue weighted by Gasteiger charge is 2.41. The molecule has 2 N–H and O–H groups in total. The van der Waals surface area contributed by atoms with Crippen LogP contribution in [0.4, 0.5) is 21.8 Å². The summed E-state index contributed by atoms with van der Waals surface area (Å²) in [4.78, 5) is 85.8. The van der Waals surface area contributed by atoms with E-state index in [0.29, 0.717) is 57.6 Å². The number of anilines is 3. The van der Waals surface area contributed by atoms with E-state index in [2.05, 4.69) is 35.3 Å². The van der Waals surface area contributed by atoms with Crippen LogP contribution in [0.2, 0.25) is 0 Å². The number of fused-ring (bicyclic) bond motifs is 2. The van der Waals surface area contributed by atoms with Gasteiger partial charge >= 0.3 is 0 Å². The van der Waals surface area contributed by atoms with E-state index in [4.69, 9.17) is 4.98 Å². The summed E-state index contributed by atoms with van der Waals surface area (Å²) in [6.07, 6.45) is 9.75. The highest BCUT2D eigenvalue weighted by molar-refractivity contribution is 6.05. The van der Waals surface area contributed by atoms with Crippen LogP contribution in [0.1, 0.15) is 102 Å². The number of carbonyl (C=O) groups is 4. The molecule has 4 aromatic rings. The summed E-state index contributed by atoms with van der Waals surface area (Å²) < 4.78 is 17.5. The monoisotopic (exact) mass is 804 g/mol. The Morgan fingerprint density at radius 3 is 2.36 bits per heavy atom. The second-order valence-corrected chi connectivity index (χ2v) is 16.6. The predicted octanol–water partition coefficient (Wildman–Crippen LogP) is 4.24. The van der Waals surface area contributed by atoms with Crippen molar-refractivity contribution in [3.8, 4) is 0 Å². The summed E-state index contributed by atoms with van der Waals surface area (Å²) in [5.41, 5.74) is 3.29. The summed E-state index contributed by atoms with van der Waals surface area (Å²) in [6.45, 7) is 9.01. The predicted molar refractivity (Wildman–Crippen MR) is 218 cm³/mol. The van der Waals surface area contributed by atoms with Crippen LogP contribution in [0.3, 0.4) is 0 Å². The first-order chi connectivity index (χ1) is 28.5. The van der Waals surface area contributed by atoms with Crippen LogP contribution in [0, 0.1) is 12.7 Å². The number of halogens is 1. The molecule has 59 heavy (non-hydrogen) atoms. The zero-order valence-electron chi connectivity index (χ0n) is 33.5. The quantitative estimate of drug-likeness (QED) is 0.183. The molecule has 9 rings (SSSR count). The molecule has 7 heterocycles. The molecule has 3 aromatic heterocycles. The zero-order valence-corrected chi connectivity index (χ0v) is 33.5. The lowest BCUT2D eigenvalue weighted by Gasteiger charge is -2.43. The van der Waals surface area contributed by atoms with Crippen LogP contribution in [0.5, 0.6) is 0 Å². The van der Waals surface area contributed by atoms with E-state index >= 15 is 4.39 Å². The summed E-state index contributed by atoms with van der Waals surface area (Å²) >= 11 is 0. The highest BCUT2D eigenvalue weighted by atomic mass is 19.1. The van der Waals surface area contributed by atoms with Gasteiger partial charge in [0, 0.05) is 79.5 Å². The number of imide groups is 1. The fourth-order valence-electron chi connectivity index (χ4n) is 9.87. The van der Waals surface area contributed by atoms with Crippen LogP contribution in [-0.2, 0) is 22.7 Å². The van der Waals surface area contributed by atoms with Gasteiger partial charge in [-0.2, -0.15) is 4.98 Å². The molecule has 3 saturated heterocycles. The van der Waals surface area contributed by atoms with E-state index in [1.165, 1.54) is 11.8 Å². The molecule has 4 fully saturated rings. The fraction of sp³-hybridized carbons (Fsp3) is 0.488. The van der Waals surface area contributed by atoms with E-state index in [9.17, 15) is 24.0 Å². The van der Waals surface area contributed by atoms with E-state index in [0.717, 1.165) is 83.5 Å². The van der Waals surface area contributed by atoms with Gasteiger partial charge in [-0.25, -0.2) is 14.4 Å². The molecule has 16 heteroatoms. The number of hydrogen-bond acceptors (Lipinski definition) is 12. The lowest BCUT2D eigenvalue weighted by atomic mass is 10.00. The molecule has 1 aliphatic carbocycles. The van der Waals surface area contributed by atoms with Gasteiger partial charge in [-0.1, -0.05) is 18.9 Å². The Morgan fingerprint density at radius 2 is 1.66 bits per heavy atom. The first-order valence-corrected chi connectivity index (χ1v) is 20.9. The Kier molecular flexibility index (Phi) is 10.5. The number of likely N-dealkylation sites (tertiary alicyclic amines) is 1. The Labute approximate surface area is 341 Å². The number of Topliss-reactive ketones (excluding diaryl/α,β-unsaturated/α-hetero) is 1. The maximum absolute atomic E-state index is 15.8. The average molecular weight is 805 g/mol. The SMILES string of the molecule is CC(=O)c1c(C)c2cnc(Nc3ccc(N4CCN(C5CCN(Cc6ccc7c(c6F)CN(C6CCC(=O)NC6=O)C7=O)CC5)CC4)cn3)nc2n(C2CCCC2)c1=O. The fourth-order valence-corrected chi connectivity index (χ4v) is 9.87. The maximum Gasteiger partial charge on any atom is 0.263 e. The van der Waals surface area contributed by atoms with Gasteiger partial charge in [-0.3, -0.25) is 43.7 Å². The van der Waals surface area contributed by atoms with Crippen molar-refractivity contribution in [1.82, 2.24) is 39.5 Å². The minimum atomic E-state index is -0.769. The number of hydrogen-bond donors (Lipinski definition) is 2. The molecule has 5 aliphatic rings. The maximum atomic E-state index is 15.8. The molecule has 1 atom stereocenters. The van der Waals surface area contributed by atoms with Crippen molar-refractivity contribution >= 4 is 52.0 Å². The lowest BCUT2D eigenvalue weighted by Crippen LogP contribution is -2.53. The number of aromatic nitrogens is 4. The van der Waals surface area contributed by atoms with Crippen LogP contribution in [-0.4, -0.2) is 109 Å². The van der Waals surface area contributed by atoms with Gasteiger partial charge in [0.05, 0.1) is 24.0 Å². The number of carbonyl (C=O) groups excluding carboxylic acids is 4. The topological polar surface area (TPSA) is 166 Å². The summed E-state index contributed by atoms with van der Waals surface area (Å²) in [7, 11) is 0. The van der Waals surface area contributed by atoms with Crippen LogP contribution >= 0.6 is 0 Å². The van der Waals surface area contributed by atoms with Crippen molar-refractivity contribution in [2.45, 2.75) is 96.4 Å². The van der Waals surface area contributed by atoms with Crippen molar-refractivity contribution in [2.75, 3.05) is 49.5 Å². The first-order valence-electron chi connectivity index (χ1n) is 20.9. The standard InChI is InChI=1S/C43H49FN10O5/c1-25-32-22-46-43(49-39(32)54(29-5-3-4-6-29)42(59)37(25)26(2)55)47-35-11-8-30(21-45-35)52-19-17-51(18-20-52)28-13-15-50(16-14-28)23-27-7-9-31-33(38(27)44)24-53(41(31)58)34-10-12-36(56)48-40(34)57/h7-9,11,21-22,28-29,34H,3-6,10,12-20,23-24H2,1-2H3,(H,48,56,57)(H,45,46,47,49). The van der Waals surface area contributed by atoms with Crippen molar-refractivity contribution in [1.29, 1.82) is 0 Å².